The van der Waals surface area contributed by atoms with Gasteiger partial charge < -0.3 is 0 Å². The van der Waals surface area contributed by atoms with Crippen molar-refractivity contribution in [3.63, 3.8) is 0 Å². The smallest absolute Gasteiger partial charge is 0.150 e. The molecule has 3 nitrogen and oxygen atoms in total. The number of nitrogens with zero attached hydrogens (tertiary/aromatic N) is 2. The molecule has 1 heterocycles. The highest BCUT2D eigenvalue weighted by Crippen LogP contribution is 2.15. The van der Waals surface area contributed by atoms with Crippen molar-refractivity contribution in [1.82, 2.24) is 9.78 Å². The Morgan fingerprint density at radius 2 is 2.36 bits per heavy atom. The largest absolute Gasteiger partial charge is 0.298 e. The quantitative estimate of drug-likeness (QED) is 0.692. The van der Waals surface area contributed by atoms with Crippen LogP contribution in [0, 0.1) is 0 Å². The molecule has 0 saturated carbocycles. The second-order valence-corrected chi connectivity index (χ2v) is 3.30. The van der Waals surface area contributed by atoms with E-state index in [0.717, 1.165) is 30.2 Å². The standard InChI is InChI=1S/C11H12N2O/c1-2-5-13-11-6-9(8-14)3-4-10(11)7-12-13/h3-4,6-8H,2,5H2,1H3. The lowest BCUT2D eigenvalue weighted by atomic mass is 10.2. The summed E-state index contributed by atoms with van der Waals surface area (Å²) in [5.41, 5.74) is 1.74. The third-order valence-electron chi connectivity index (χ3n) is 2.24. The van der Waals surface area contributed by atoms with Crippen LogP contribution in [0.25, 0.3) is 10.9 Å². The molecule has 0 aliphatic heterocycles. The summed E-state index contributed by atoms with van der Waals surface area (Å²) < 4.78 is 1.93. The van der Waals surface area contributed by atoms with Gasteiger partial charge in [0.2, 0.25) is 0 Å². The lowest BCUT2D eigenvalue weighted by Crippen LogP contribution is -1.98. The molecule has 0 aliphatic carbocycles. The average Bonchev–Trinajstić information content (AvgIpc) is 2.61. The van der Waals surface area contributed by atoms with Crippen molar-refractivity contribution in [3.05, 3.63) is 30.0 Å². The van der Waals surface area contributed by atoms with Gasteiger partial charge in [0.05, 0.1) is 11.7 Å². The van der Waals surface area contributed by atoms with Gasteiger partial charge in [0.25, 0.3) is 0 Å². The Labute approximate surface area is 82.3 Å². The summed E-state index contributed by atoms with van der Waals surface area (Å²) in [6.07, 6.45) is 3.74. The zero-order chi connectivity index (χ0) is 9.97. The lowest BCUT2D eigenvalue weighted by Gasteiger charge is -2.00. The maximum absolute atomic E-state index is 10.6. The van der Waals surface area contributed by atoms with Crippen molar-refractivity contribution < 1.29 is 4.79 Å². The van der Waals surface area contributed by atoms with Crippen LogP contribution in [0.15, 0.2) is 24.4 Å². The average molecular weight is 188 g/mol. The molecule has 0 amide bonds. The van der Waals surface area contributed by atoms with Gasteiger partial charge in [-0.3, -0.25) is 9.48 Å². The molecule has 2 rings (SSSR count). The maximum Gasteiger partial charge on any atom is 0.150 e. The molecule has 1 aromatic heterocycles. The van der Waals surface area contributed by atoms with Gasteiger partial charge in [0, 0.05) is 17.5 Å². The highest BCUT2D eigenvalue weighted by Gasteiger charge is 2.02. The number of hydrogen-bond donors (Lipinski definition) is 0. The number of benzene rings is 1. The maximum atomic E-state index is 10.6. The summed E-state index contributed by atoms with van der Waals surface area (Å²) in [5.74, 6) is 0. The van der Waals surface area contributed by atoms with E-state index in [0.29, 0.717) is 5.56 Å². The third kappa shape index (κ3) is 1.41. The Morgan fingerprint density at radius 1 is 1.50 bits per heavy atom. The molecule has 0 unspecified atom stereocenters. The second kappa shape index (κ2) is 3.62. The Balaban J connectivity index is 2.57. The fourth-order valence-corrected chi connectivity index (χ4v) is 1.55. The lowest BCUT2D eigenvalue weighted by molar-refractivity contribution is 0.112. The minimum Gasteiger partial charge on any atom is -0.298 e. The number of hydrogen-bond acceptors (Lipinski definition) is 2. The summed E-state index contributed by atoms with van der Waals surface area (Å²) in [5, 5.41) is 5.35. The minimum atomic E-state index is 0.704. The third-order valence-corrected chi connectivity index (χ3v) is 2.24. The van der Waals surface area contributed by atoms with Crippen molar-refractivity contribution in [2.24, 2.45) is 0 Å². The van der Waals surface area contributed by atoms with Gasteiger partial charge in [-0.2, -0.15) is 5.10 Å². The minimum absolute atomic E-state index is 0.704. The van der Waals surface area contributed by atoms with Gasteiger partial charge in [-0.25, -0.2) is 0 Å². The first kappa shape index (κ1) is 8.94. The van der Waals surface area contributed by atoms with E-state index in [1.165, 1.54) is 0 Å². The van der Waals surface area contributed by atoms with Gasteiger partial charge in [0.15, 0.2) is 0 Å². The molecule has 72 valence electrons. The molecule has 1 aromatic carbocycles. The number of rotatable bonds is 3. The van der Waals surface area contributed by atoms with Gasteiger partial charge in [0.1, 0.15) is 6.29 Å². The topological polar surface area (TPSA) is 34.9 Å². The molecule has 0 atom stereocenters. The number of carbonyl (C=O) groups is 1. The van der Waals surface area contributed by atoms with Crippen LogP contribution in [0.4, 0.5) is 0 Å². The summed E-state index contributed by atoms with van der Waals surface area (Å²) in [6, 6.07) is 5.62. The molecule has 0 aliphatic rings. The fourth-order valence-electron chi connectivity index (χ4n) is 1.55. The van der Waals surface area contributed by atoms with Crippen molar-refractivity contribution in [2.45, 2.75) is 19.9 Å². The Morgan fingerprint density at radius 3 is 3.07 bits per heavy atom. The monoisotopic (exact) mass is 188 g/mol. The van der Waals surface area contributed by atoms with E-state index in [1.54, 1.807) is 0 Å². The number of carbonyl (C=O) groups excluding carboxylic acids is 1. The van der Waals surface area contributed by atoms with Crippen molar-refractivity contribution in [1.29, 1.82) is 0 Å². The van der Waals surface area contributed by atoms with Crippen LogP contribution in [-0.4, -0.2) is 16.1 Å². The highest BCUT2D eigenvalue weighted by molar-refractivity contribution is 5.86. The number of aryl methyl sites for hydroxylation is 1. The molecule has 2 aromatic rings. The number of aldehydes is 1. The van der Waals surface area contributed by atoms with E-state index < -0.39 is 0 Å². The first-order chi connectivity index (χ1) is 6.85. The van der Waals surface area contributed by atoms with Gasteiger partial charge in [-0.1, -0.05) is 19.1 Å². The molecule has 0 N–H and O–H groups in total. The predicted octanol–water partition coefficient (Wildman–Crippen LogP) is 2.26. The van der Waals surface area contributed by atoms with Crippen LogP contribution >= 0.6 is 0 Å². The van der Waals surface area contributed by atoms with Crippen LogP contribution in [0.2, 0.25) is 0 Å². The van der Waals surface area contributed by atoms with E-state index in [1.807, 2.05) is 29.1 Å². The summed E-state index contributed by atoms with van der Waals surface area (Å²) in [7, 11) is 0. The molecule has 0 bridgehead atoms. The first-order valence-electron chi connectivity index (χ1n) is 4.76. The molecular weight excluding hydrogens is 176 g/mol. The van der Waals surface area contributed by atoms with Crippen LogP contribution in [-0.2, 0) is 6.54 Å². The molecule has 0 fully saturated rings. The van der Waals surface area contributed by atoms with Gasteiger partial charge in [-0.05, 0) is 12.5 Å². The Hall–Kier alpha value is -1.64. The number of aromatic nitrogens is 2. The van der Waals surface area contributed by atoms with E-state index in [2.05, 4.69) is 12.0 Å². The van der Waals surface area contributed by atoms with Crippen molar-refractivity contribution >= 4 is 17.2 Å². The van der Waals surface area contributed by atoms with Crippen LogP contribution in [0.5, 0.6) is 0 Å². The van der Waals surface area contributed by atoms with Crippen LogP contribution < -0.4 is 0 Å². The Bertz CT molecular complexity index is 459. The zero-order valence-corrected chi connectivity index (χ0v) is 8.10. The summed E-state index contributed by atoms with van der Waals surface area (Å²) in [6.45, 7) is 3.00. The first-order valence-corrected chi connectivity index (χ1v) is 4.76. The van der Waals surface area contributed by atoms with E-state index >= 15 is 0 Å². The van der Waals surface area contributed by atoms with Crippen LogP contribution in [0.3, 0.4) is 0 Å². The zero-order valence-electron chi connectivity index (χ0n) is 8.10. The second-order valence-electron chi connectivity index (χ2n) is 3.30. The predicted molar refractivity (Wildman–Crippen MR) is 55.4 cm³/mol. The normalized spacial score (nSPS) is 10.6. The van der Waals surface area contributed by atoms with Crippen molar-refractivity contribution in [3.8, 4) is 0 Å². The number of fused-ring (bicyclic) bond motifs is 1. The molecule has 0 spiro atoms. The fraction of sp³-hybridized carbons (Fsp3) is 0.273. The highest BCUT2D eigenvalue weighted by atomic mass is 16.1. The molecule has 0 saturated heterocycles. The van der Waals surface area contributed by atoms with Gasteiger partial charge >= 0.3 is 0 Å². The van der Waals surface area contributed by atoms with E-state index in [9.17, 15) is 4.79 Å². The molecule has 0 radical (unpaired) electrons. The molecular formula is C11H12N2O. The summed E-state index contributed by atoms with van der Waals surface area (Å²) >= 11 is 0. The van der Waals surface area contributed by atoms with E-state index in [4.69, 9.17) is 0 Å². The SMILES string of the molecule is CCCn1ncc2ccc(C=O)cc21. The van der Waals surface area contributed by atoms with Crippen LogP contribution in [0.1, 0.15) is 23.7 Å². The van der Waals surface area contributed by atoms with Gasteiger partial charge in [-0.15, -0.1) is 0 Å². The summed E-state index contributed by atoms with van der Waals surface area (Å²) in [4.78, 5) is 10.6. The molecule has 14 heavy (non-hydrogen) atoms. The van der Waals surface area contributed by atoms with E-state index in [-0.39, 0.29) is 0 Å². The van der Waals surface area contributed by atoms with Crippen molar-refractivity contribution in [2.75, 3.05) is 0 Å². The Kier molecular flexibility index (Phi) is 2.31. The molecule has 3 heteroatoms.